The molecule has 0 radical (unpaired) electrons. The molecule has 0 unspecified atom stereocenters. The lowest BCUT2D eigenvalue weighted by Crippen LogP contribution is -2.36. The minimum atomic E-state index is -0.139. The van der Waals surface area contributed by atoms with Crippen molar-refractivity contribution < 1.29 is 14.3 Å². The molecule has 0 bridgehead atoms. The summed E-state index contributed by atoms with van der Waals surface area (Å²) in [4.78, 5) is 22.9. The zero-order chi connectivity index (χ0) is 10.7. The van der Waals surface area contributed by atoms with Gasteiger partial charge in [0.1, 0.15) is 5.78 Å². The van der Waals surface area contributed by atoms with Crippen molar-refractivity contribution in [2.45, 2.75) is 33.6 Å². The molecule has 0 aromatic rings. The molecular weight excluding hydrogens is 180 g/mol. The Balaban J connectivity index is 2.63. The molecule has 80 valence electrons. The summed E-state index contributed by atoms with van der Waals surface area (Å²) in [5.41, 5.74) is 0. The number of esters is 1. The number of hydrogen-bond acceptors (Lipinski definition) is 3. The zero-order valence-corrected chi connectivity index (χ0v) is 9.08. The molecule has 1 fully saturated rings. The first-order valence-corrected chi connectivity index (χ1v) is 5.27. The Bertz CT molecular complexity index is 235. The molecule has 1 aliphatic carbocycles. The van der Waals surface area contributed by atoms with Gasteiger partial charge in [0, 0.05) is 12.3 Å². The SMILES string of the molecule is CCOC(=O)[C@@H]1CCC(=O)[C@@H](C)[C@@H]1C. The van der Waals surface area contributed by atoms with Crippen LogP contribution >= 0.6 is 0 Å². The first-order valence-electron chi connectivity index (χ1n) is 5.27. The maximum atomic E-state index is 11.5. The van der Waals surface area contributed by atoms with Gasteiger partial charge < -0.3 is 4.74 Å². The summed E-state index contributed by atoms with van der Waals surface area (Å²) in [6.45, 7) is 6.09. The van der Waals surface area contributed by atoms with E-state index in [1.165, 1.54) is 0 Å². The third-order valence-electron chi connectivity index (χ3n) is 3.22. The lowest BCUT2D eigenvalue weighted by atomic mass is 9.73. The van der Waals surface area contributed by atoms with Crippen LogP contribution in [-0.4, -0.2) is 18.4 Å². The van der Waals surface area contributed by atoms with Gasteiger partial charge in [0.05, 0.1) is 12.5 Å². The summed E-state index contributed by atoms with van der Waals surface area (Å²) in [5, 5.41) is 0. The van der Waals surface area contributed by atoms with Crippen LogP contribution in [0.3, 0.4) is 0 Å². The zero-order valence-electron chi connectivity index (χ0n) is 9.08. The van der Waals surface area contributed by atoms with E-state index in [0.717, 1.165) is 0 Å². The standard InChI is InChI=1S/C11H18O3/c1-4-14-11(13)9-5-6-10(12)8(3)7(9)2/h7-9H,4-6H2,1-3H3/t7-,8-,9+/m0/s1. The van der Waals surface area contributed by atoms with E-state index in [1.54, 1.807) is 6.92 Å². The smallest absolute Gasteiger partial charge is 0.309 e. The molecule has 0 heterocycles. The minimum Gasteiger partial charge on any atom is -0.466 e. The van der Waals surface area contributed by atoms with Crippen molar-refractivity contribution in [2.24, 2.45) is 17.8 Å². The Morgan fingerprint density at radius 1 is 1.50 bits per heavy atom. The van der Waals surface area contributed by atoms with E-state index >= 15 is 0 Å². The van der Waals surface area contributed by atoms with Crippen molar-refractivity contribution in [1.29, 1.82) is 0 Å². The van der Waals surface area contributed by atoms with E-state index in [9.17, 15) is 9.59 Å². The average Bonchev–Trinajstić information content (AvgIpc) is 2.15. The lowest BCUT2D eigenvalue weighted by Gasteiger charge is -2.31. The van der Waals surface area contributed by atoms with Crippen molar-refractivity contribution in [3.8, 4) is 0 Å². The molecule has 0 saturated heterocycles. The molecule has 3 nitrogen and oxygen atoms in total. The van der Waals surface area contributed by atoms with Crippen LogP contribution in [0.1, 0.15) is 33.6 Å². The third-order valence-corrected chi connectivity index (χ3v) is 3.22. The van der Waals surface area contributed by atoms with Crippen LogP contribution in [0.25, 0.3) is 0 Å². The van der Waals surface area contributed by atoms with Crippen molar-refractivity contribution in [1.82, 2.24) is 0 Å². The summed E-state index contributed by atoms with van der Waals surface area (Å²) >= 11 is 0. The molecule has 14 heavy (non-hydrogen) atoms. The maximum absolute atomic E-state index is 11.5. The number of rotatable bonds is 2. The fourth-order valence-electron chi connectivity index (χ4n) is 2.01. The summed E-state index contributed by atoms with van der Waals surface area (Å²) in [5.74, 6) is 0.175. The van der Waals surface area contributed by atoms with Gasteiger partial charge in [-0.2, -0.15) is 0 Å². The monoisotopic (exact) mass is 198 g/mol. The van der Waals surface area contributed by atoms with Crippen molar-refractivity contribution in [3.05, 3.63) is 0 Å². The van der Waals surface area contributed by atoms with Crippen LogP contribution in [0.15, 0.2) is 0 Å². The predicted molar refractivity (Wildman–Crippen MR) is 52.7 cm³/mol. The number of hydrogen-bond donors (Lipinski definition) is 0. The molecule has 1 rings (SSSR count). The van der Waals surface area contributed by atoms with E-state index in [4.69, 9.17) is 4.74 Å². The fourth-order valence-corrected chi connectivity index (χ4v) is 2.01. The van der Waals surface area contributed by atoms with E-state index in [2.05, 4.69) is 0 Å². The van der Waals surface area contributed by atoms with Gasteiger partial charge in [-0.05, 0) is 19.3 Å². The van der Waals surface area contributed by atoms with Crippen molar-refractivity contribution in [2.75, 3.05) is 6.61 Å². The van der Waals surface area contributed by atoms with E-state index in [0.29, 0.717) is 19.4 Å². The normalized spacial score (nSPS) is 32.8. The molecule has 0 aromatic heterocycles. The van der Waals surface area contributed by atoms with Crippen LogP contribution in [0.5, 0.6) is 0 Å². The second-order valence-corrected chi connectivity index (χ2v) is 4.01. The molecule has 0 aromatic carbocycles. The van der Waals surface area contributed by atoms with Crippen molar-refractivity contribution in [3.63, 3.8) is 0 Å². The largest absolute Gasteiger partial charge is 0.466 e. The van der Waals surface area contributed by atoms with Gasteiger partial charge in [-0.1, -0.05) is 13.8 Å². The first kappa shape index (κ1) is 11.2. The van der Waals surface area contributed by atoms with Crippen LogP contribution in [0.4, 0.5) is 0 Å². The van der Waals surface area contributed by atoms with Crippen LogP contribution in [-0.2, 0) is 14.3 Å². The highest BCUT2D eigenvalue weighted by atomic mass is 16.5. The second-order valence-electron chi connectivity index (χ2n) is 4.01. The summed E-state index contributed by atoms with van der Waals surface area (Å²) in [6, 6.07) is 0. The topological polar surface area (TPSA) is 43.4 Å². The number of carbonyl (C=O) groups excluding carboxylic acids is 2. The van der Waals surface area contributed by atoms with Gasteiger partial charge >= 0.3 is 5.97 Å². The summed E-state index contributed by atoms with van der Waals surface area (Å²) < 4.78 is 4.99. The Hall–Kier alpha value is -0.860. The molecule has 3 heteroatoms. The lowest BCUT2D eigenvalue weighted by molar-refractivity contribution is -0.153. The number of ether oxygens (including phenoxy) is 1. The maximum Gasteiger partial charge on any atom is 0.309 e. The average molecular weight is 198 g/mol. The number of ketones is 1. The predicted octanol–water partition coefficient (Wildman–Crippen LogP) is 1.80. The highest BCUT2D eigenvalue weighted by molar-refractivity contribution is 5.84. The second kappa shape index (κ2) is 4.58. The van der Waals surface area contributed by atoms with Gasteiger partial charge in [0.15, 0.2) is 0 Å². The molecule has 0 amide bonds. The molecule has 0 aliphatic heterocycles. The van der Waals surface area contributed by atoms with E-state index in [1.807, 2.05) is 13.8 Å². The molecule has 1 aliphatic rings. The number of carbonyl (C=O) groups is 2. The van der Waals surface area contributed by atoms with Crippen LogP contribution in [0.2, 0.25) is 0 Å². The third kappa shape index (κ3) is 2.14. The highest BCUT2D eigenvalue weighted by Gasteiger charge is 2.37. The van der Waals surface area contributed by atoms with E-state index in [-0.39, 0.29) is 29.5 Å². The fraction of sp³-hybridized carbons (Fsp3) is 0.818. The Labute approximate surface area is 84.8 Å². The Morgan fingerprint density at radius 2 is 2.14 bits per heavy atom. The molecule has 3 atom stereocenters. The summed E-state index contributed by atoms with van der Waals surface area (Å²) in [6.07, 6.45) is 1.18. The molecule has 1 saturated carbocycles. The van der Waals surface area contributed by atoms with Gasteiger partial charge in [-0.15, -0.1) is 0 Å². The van der Waals surface area contributed by atoms with Crippen molar-refractivity contribution >= 4 is 11.8 Å². The highest BCUT2D eigenvalue weighted by Crippen LogP contribution is 2.32. The van der Waals surface area contributed by atoms with Gasteiger partial charge in [-0.3, -0.25) is 9.59 Å². The van der Waals surface area contributed by atoms with Gasteiger partial charge in [0.2, 0.25) is 0 Å². The molecule has 0 spiro atoms. The van der Waals surface area contributed by atoms with Gasteiger partial charge in [-0.25, -0.2) is 0 Å². The van der Waals surface area contributed by atoms with Gasteiger partial charge in [0.25, 0.3) is 0 Å². The molecular formula is C11H18O3. The van der Waals surface area contributed by atoms with Crippen LogP contribution < -0.4 is 0 Å². The quantitative estimate of drug-likeness (QED) is 0.635. The minimum absolute atomic E-state index is 0.00171. The summed E-state index contributed by atoms with van der Waals surface area (Å²) in [7, 11) is 0. The first-order chi connectivity index (χ1) is 6.57. The Kier molecular flexibility index (Phi) is 3.67. The van der Waals surface area contributed by atoms with E-state index < -0.39 is 0 Å². The molecule has 0 N–H and O–H groups in total. The Morgan fingerprint density at radius 3 is 2.71 bits per heavy atom. The number of Topliss-reactive ketones (excluding diaryl/α,β-unsaturated/α-hetero) is 1. The van der Waals surface area contributed by atoms with Crippen LogP contribution in [0, 0.1) is 17.8 Å².